The molecule has 18 heavy (non-hydrogen) atoms. The molecule has 0 aromatic rings. The van der Waals surface area contributed by atoms with Gasteiger partial charge in [-0.25, -0.2) is 4.79 Å². The predicted octanol–water partition coefficient (Wildman–Crippen LogP) is 1.71. The summed E-state index contributed by atoms with van der Waals surface area (Å²) in [6.45, 7) is 5.34. The van der Waals surface area contributed by atoms with Crippen molar-refractivity contribution >= 4 is 16.2 Å². The number of ether oxygens (including phenoxy) is 1. The number of hydrogen-bond acceptors (Lipinski definition) is 4. The number of alkyl carbamates (subject to hydrolysis) is 1. The van der Waals surface area contributed by atoms with Gasteiger partial charge in [-0.3, -0.25) is 4.55 Å². The van der Waals surface area contributed by atoms with Crippen LogP contribution in [-0.2, 0) is 14.9 Å². The average Bonchev–Trinajstić information content (AvgIpc) is 2.13. The van der Waals surface area contributed by atoms with E-state index in [9.17, 15) is 13.2 Å². The molecular weight excluding hydrogens is 258 g/mol. The maximum absolute atomic E-state index is 11.5. The molecule has 1 rings (SSSR count). The van der Waals surface area contributed by atoms with Crippen LogP contribution in [0.2, 0.25) is 0 Å². The molecule has 1 saturated carbocycles. The van der Waals surface area contributed by atoms with E-state index in [1.807, 2.05) is 0 Å². The van der Waals surface area contributed by atoms with Crippen LogP contribution in [0, 0.1) is 0 Å². The highest BCUT2D eigenvalue weighted by Gasteiger charge is 2.30. The first-order valence-corrected chi connectivity index (χ1v) is 7.54. The monoisotopic (exact) mass is 279 g/mol. The fourth-order valence-electron chi connectivity index (χ4n) is 1.98. The lowest BCUT2D eigenvalue weighted by Crippen LogP contribution is -2.42. The molecule has 0 aromatic heterocycles. The van der Waals surface area contributed by atoms with E-state index in [4.69, 9.17) is 9.29 Å². The van der Waals surface area contributed by atoms with Crippen molar-refractivity contribution in [2.24, 2.45) is 0 Å². The summed E-state index contributed by atoms with van der Waals surface area (Å²) in [5.41, 5.74) is -0.546. The molecule has 7 heteroatoms. The number of hydrogen-bond donors (Lipinski definition) is 2. The zero-order valence-corrected chi connectivity index (χ0v) is 11.8. The minimum Gasteiger partial charge on any atom is -0.444 e. The number of amides is 1. The van der Waals surface area contributed by atoms with E-state index >= 15 is 0 Å². The maximum Gasteiger partial charge on any atom is 0.407 e. The summed E-state index contributed by atoms with van der Waals surface area (Å²) in [6.07, 6.45) is 1.30. The van der Waals surface area contributed by atoms with Crippen LogP contribution in [0.3, 0.4) is 0 Å². The van der Waals surface area contributed by atoms with Crippen molar-refractivity contribution in [2.45, 2.75) is 63.3 Å². The van der Waals surface area contributed by atoms with Gasteiger partial charge in [-0.05, 0) is 46.5 Å². The molecule has 0 spiro atoms. The van der Waals surface area contributed by atoms with Crippen molar-refractivity contribution in [2.75, 3.05) is 0 Å². The maximum atomic E-state index is 11.5. The van der Waals surface area contributed by atoms with Crippen molar-refractivity contribution in [1.82, 2.24) is 5.32 Å². The van der Waals surface area contributed by atoms with E-state index in [1.54, 1.807) is 20.8 Å². The summed E-state index contributed by atoms with van der Waals surface area (Å²) < 4.78 is 35.9. The van der Waals surface area contributed by atoms with E-state index in [-0.39, 0.29) is 6.04 Å². The molecule has 0 atom stereocenters. The van der Waals surface area contributed by atoms with Crippen LogP contribution >= 0.6 is 0 Å². The largest absolute Gasteiger partial charge is 0.444 e. The molecule has 106 valence electrons. The van der Waals surface area contributed by atoms with Gasteiger partial charge in [0.15, 0.2) is 0 Å². The van der Waals surface area contributed by atoms with Crippen LogP contribution in [0.1, 0.15) is 46.5 Å². The lowest BCUT2D eigenvalue weighted by Gasteiger charge is -2.28. The van der Waals surface area contributed by atoms with E-state index in [1.165, 1.54) is 0 Å². The van der Waals surface area contributed by atoms with Crippen LogP contribution in [0.15, 0.2) is 0 Å². The van der Waals surface area contributed by atoms with Gasteiger partial charge in [-0.2, -0.15) is 8.42 Å². The third-order valence-electron chi connectivity index (χ3n) is 2.82. The van der Waals surface area contributed by atoms with Crippen molar-refractivity contribution in [3.8, 4) is 0 Å². The Hall–Kier alpha value is -0.820. The highest BCUT2D eigenvalue weighted by atomic mass is 32.2. The fraction of sp³-hybridized carbons (Fsp3) is 0.909. The zero-order chi connectivity index (χ0) is 14.0. The quantitative estimate of drug-likeness (QED) is 0.751. The molecule has 6 nitrogen and oxygen atoms in total. The molecule has 0 heterocycles. The van der Waals surface area contributed by atoms with Crippen LogP contribution in [0.25, 0.3) is 0 Å². The van der Waals surface area contributed by atoms with Crippen molar-refractivity contribution in [3.63, 3.8) is 0 Å². The molecule has 1 aliphatic carbocycles. The second-order valence-corrected chi connectivity index (χ2v) is 7.33. The Morgan fingerprint density at radius 1 is 1.22 bits per heavy atom. The summed E-state index contributed by atoms with van der Waals surface area (Å²) in [5.74, 6) is 0. The number of carbonyl (C=O) groups is 1. The van der Waals surface area contributed by atoms with E-state index in [0.717, 1.165) is 0 Å². The minimum atomic E-state index is -3.95. The van der Waals surface area contributed by atoms with Gasteiger partial charge in [-0.1, -0.05) is 0 Å². The van der Waals surface area contributed by atoms with Crippen molar-refractivity contribution in [1.29, 1.82) is 0 Å². The Kier molecular flexibility index (Phi) is 4.61. The molecule has 0 aliphatic heterocycles. The summed E-state index contributed by atoms with van der Waals surface area (Å²) in [5, 5.41) is 2.01. The van der Waals surface area contributed by atoms with Gasteiger partial charge in [0, 0.05) is 6.04 Å². The smallest absolute Gasteiger partial charge is 0.407 e. The molecule has 1 amide bonds. The van der Waals surface area contributed by atoms with Gasteiger partial charge in [0.05, 0.1) is 5.25 Å². The number of carbonyl (C=O) groups excluding carboxylic acids is 1. The molecule has 1 aliphatic rings. The van der Waals surface area contributed by atoms with Gasteiger partial charge in [-0.15, -0.1) is 0 Å². The first-order chi connectivity index (χ1) is 8.08. The SMILES string of the molecule is CC(C)(C)OC(=O)NC1CCC(S(=O)(=O)O)CC1. The Bertz CT molecular complexity index is 390. The molecule has 1 fully saturated rings. The van der Waals surface area contributed by atoms with Gasteiger partial charge >= 0.3 is 6.09 Å². The lowest BCUT2D eigenvalue weighted by molar-refractivity contribution is 0.0493. The Labute approximate surface area is 108 Å². The van der Waals surface area contributed by atoms with Crippen LogP contribution in [0.4, 0.5) is 4.79 Å². The topological polar surface area (TPSA) is 92.7 Å². The summed E-state index contributed by atoms with van der Waals surface area (Å²) >= 11 is 0. The highest BCUT2D eigenvalue weighted by molar-refractivity contribution is 7.86. The summed E-state index contributed by atoms with van der Waals surface area (Å²) in [4.78, 5) is 11.5. The van der Waals surface area contributed by atoms with Gasteiger partial charge < -0.3 is 10.1 Å². The summed E-state index contributed by atoms with van der Waals surface area (Å²) in [7, 11) is -3.95. The van der Waals surface area contributed by atoms with Crippen LogP contribution < -0.4 is 5.32 Å². The second kappa shape index (κ2) is 5.44. The summed E-state index contributed by atoms with van der Waals surface area (Å²) in [6, 6.07) is -0.0853. The Morgan fingerprint density at radius 2 is 1.72 bits per heavy atom. The van der Waals surface area contributed by atoms with E-state index in [0.29, 0.717) is 25.7 Å². The lowest BCUT2D eigenvalue weighted by atomic mass is 9.95. The first kappa shape index (κ1) is 15.2. The molecule has 0 saturated heterocycles. The van der Waals surface area contributed by atoms with Crippen molar-refractivity contribution < 1.29 is 22.5 Å². The molecule has 2 N–H and O–H groups in total. The molecule has 0 aromatic carbocycles. The minimum absolute atomic E-state index is 0.0853. The van der Waals surface area contributed by atoms with Gasteiger partial charge in [0.25, 0.3) is 10.1 Å². The van der Waals surface area contributed by atoms with E-state index in [2.05, 4.69) is 5.32 Å². The third kappa shape index (κ3) is 5.22. The standard InChI is InChI=1S/C11H21NO5S/c1-11(2,3)17-10(13)12-8-4-6-9(7-5-8)18(14,15)16/h8-9H,4-7H2,1-3H3,(H,12,13)(H,14,15,16). The Morgan fingerprint density at radius 3 is 2.11 bits per heavy atom. The predicted molar refractivity (Wildman–Crippen MR) is 67.0 cm³/mol. The fourth-order valence-corrected chi connectivity index (χ4v) is 2.85. The number of nitrogens with one attached hydrogen (secondary N) is 1. The van der Waals surface area contributed by atoms with Crippen LogP contribution in [0.5, 0.6) is 0 Å². The zero-order valence-electron chi connectivity index (χ0n) is 11.0. The molecule has 0 bridgehead atoms. The Balaban J connectivity index is 2.38. The third-order valence-corrected chi connectivity index (χ3v) is 4.13. The molecule has 0 radical (unpaired) electrons. The molecule has 0 unspecified atom stereocenters. The van der Waals surface area contributed by atoms with Gasteiger partial charge in [0.1, 0.15) is 5.60 Å². The average molecular weight is 279 g/mol. The number of rotatable bonds is 2. The van der Waals surface area contributed by atoms with Gasteiger partial charge in [0.2, 0.25) is 0 Å². The van der Waals surface area contributed by atoms with Crippen LogP contribution in [-0.4, -0.2) is 36.0 Å². The second-order valence-electron chi connectivity index (χ2n) is 5.63. The molecular formula is C11H21NO5S. The van der Waals surface area contributed by atoms with Crippen molar-refractivity contribution in [3.05, 3.63) is 0 Å². The first-order valence-electron chi connectivity index (χ1n) is 6.04. The highest BCUT2D eigenvalue weighted by Crippen LogP contribution is 2.23. The van der Waals surface area contributed by atoms with E-state index < -0.39 is 27.1 Å². The normalized spacial score (nSPS) is 25.6.